The normalized spacial score (nSPS) is 12.0. The Kier molecular flexibility index (Phi) is 5.96. The Morgan fingerprint density at radius 3 is 2.69 bits per heavy atom. The quantitative estimate of drug-likeness (QED) is 0.480. The highest BCUT2D eigenvalue weighted by molar-refractivity contribution is 5.94. The number of nitrogens with one attached hydrogen (secondary N) is 1. The molecule has 0 aliphatic rings. The van der Waals surface area contributed by atoms with Crippen LogP contribution in [0.15, 0.2) is 51.8 Å². The van der Waals surface area contributed by atoms with Crippen molar-refractivity contribution >= 4 is 28.7 Å². The van der Waals surface area contributed by atoms with Crippen LogP contribution >= 0.6 is 0 Å². The van der Waals surface area contributed by atoms with Gasteiger partial charge in [-0.05, 0) is 39.0 Å². The van der Waals surface area contributed by atoms with Crippen molar-refractivity contribution in [3.8, 4) is 5.75 Å². The minimum absolute atomic E-state index is 0.0675. The van der Waals surface area contributed by atoms with Crippen LogP contribution in [0, 0.1) is 0 Å². The number of esters is 1. The van der Waals surface area contributed by atoms with E-state index in [-0.39, 0.29) is 6.04 Å². The van der Waals surface area contributed by atoms with Gasteiger partial charge in [-0.3, -0.25) is 4.79 Å². The highest BCUT2D eigenvalue weighted by Crippen LogP contribution is 2.19. The maximum Gasteiger partial charge on any atom is 0.344 e. The third-order valence-electron chi connectivity index (χ3n) is 4.04. The Balaban J connectivity index is 1.54. The van der Waals surface area contributed by atoms with Gasteiger partial charge in [-0.2, -0.15) is 5.10 Å². The number of amides is 1. The molecule has 1 amide bonds. The maximum atomic E-state index is 12.3. The van der Waals surface area contributed by atoms with Gasteiger partial charge in [-0.1, -0.05) is 0 Å². The molecular formula is C20H21N3O6. The summed E-state index contributed by atoms with van der Waals surface area (Å²) in [5.41, 5.74) is -0.134. The van der Waals surface area contributed by atoms with E-state index in [0.29, 0.717) is 17.2 Å². The fraction of sp³-hybridized carbons (Fsp3) is 0.300. The first kappa shape index (κ1) is 20.1. The molecule has 9 heteroatoms. The SMILES string of the molecule is CC(OC(=O)COc1ccc2ccc(=O)oc2c1)C(=O)Nc1ccnn1C(C)C. The van der Waals surface area contributed by atoms with Crippen molar-refractivity contribution in [1.82, 2.24) is 9.78 Å². The number of rotatable bonds is 7. The Hall–Kier alpha value is -3.62. The molecular weight excluding hydrogens is 378 g/mol. The molecule has 1 atom stereocenters. The third kappa shape index (κ3) is 5.01. The van der Waals surface area contributed by atoms with Crippen LogP contribution in [0.4, 0.5) is 5.82 Å². The number of anilines is 1. The van der Waals surface area contributed by atoms with Crippen LogP contribution in [0.2, 0.25) is 0 Å². The van der Waals surface area contributed by atoms with Gasteiger partial charge in [0, 0.05) is 29.6 Å². The fourth-order valence-corrected chi connectivity index (χ4v) is 2.61. The van der Waals surface area contributed by atoms with E-state index < -0.39 is 30.2 Å². The van der Waals surface area contributed by atoms with E-state index in [1.165, 1.54) is 19.1 Å². The fourth-order valence-electron chi connectivity index (χ4n) is 2.61. The molecule has 0 spiro atoms. The van der Waals surface area contributed by atoms with E-state index in [1.807, 2.05) is 13.8 Å². The summed E-state index contributed by atoms with van der Waals surface area (Å²) < 4.78 is 17.2. The van der Waals surface area contributed by atoms with E-state index >= 15 is 0 Å². The second-order valence-electron chi connectivity index (χ2n) is 6.62. The summed E-state index contributed by atoms with van der Waals surface area (Å²) in [4.78, 5) is 35.6. The predicted octanol–water partition coefficient (Wildman–Crippen LogP) is 2.52. The largest absolute Gasteiger partial charge is 0.482 e. The Morgan fingerprint density at radius 1 is 1.17 bits per heavy atom. The molecule has 1 unspecified atom stereocenters. The molecule has 1 N–H and O–H groups in total. The van der Waals surface area contributed by atoms with Crippen molar-refractivity contribution in [2.75, 3.05) is 11.9 Å². The second-order valence-corrected chi connectivity index (χ2v) is 6.62. The summed E-state index contributed by atoms with van der Waals surface area (Å²) in [5, 5.41) is 7.53. The summed E-state index contributed by atoms with van der Waals surface area (Å²) in [6, 6.07) is 9.52. The molecule has 9 nitrogen and oxygen atoms in total. The van der Waals surface area contributed by atoms with Crippen LogP contribution in [-0.4, -0.2) is 34.4 Å². The standard InChI is InChI=1S/C20H21N3O6/c1-12(2)23-17(8-9-21-23)22-20(26)13(3)28-19(25)11-27-15-6-4-14-5-7-18(24)29-16(14)10-15/h4-10,12-13H,11H2,1-3H3,(H,22,26). The molecule has 2 heterocycles. The molecule has 0 aliphatic carbocycles. The van der Waals surface area contributed by atoms with Crippen LogP contribution in [-0.2, 0) is 14.3 Å². The molecule has 1 aromatic carbocycles. The third-order valence-corrected chi connectivity index (χ3v) is 4.04. The zero-order valence-corrected chi connectivity index (χ0v) is 16.2. The van der Waals surface area contributed by atoms with Gasteiger partial charge in [-0.15, -0.1) is 0 Å². The smallest absolute Gasteiger partial charge is 0.344 e. The summed E-state index contributed by atoms with van der Waals surface area (Å²) in [6.07, 6.45) is 0.558. The van der Waals surface area contributed by atoms with Gasteiger partial charge in [-0.25, -0.2) is 14.3 Å². The van der Waals surface area contributed by atoms with Crippen LogP contribution in [0.5, 0.6) is 5.75 Å². The number of hydrogen-bond donors (Lipinski definition) is 1. The van der Waals surface area contributed by atoms with Crippen molar-refractivity contribution in [3.63, 3.8) is 0 Å². The van der Waals surface area contributed by atoms with Gasteiger partial charge in [0.15, 0.2) is 12.7 Å². The van der Waals surface area contributed by atoms with E-state index in [1.54, 1.807) is 35.1 Å². The number of carbonyl (C=O) groups excluding carboxylic acids is 2. The summed E-state index contributed by atoms with van der Waals surface area (Å²) in [7, 11) is 0. The van der Waals surface area contributed by atoms with Crippen LogP contribution < -0.4 is 15.7 Å². The van der Waals surface area contributed by atoms with E-state index in [9.17, 15) is 14.4 Å². The van der Waals surface area contributed by atoms with Gasteiger partial charge in [0.05, 0.1) is 6.20 Å². The number of nitrogens with zero attached hydrogens (tertiary/aromatic N) is 2. The van der Waals surface area contributed by atoms with E-state index in [0.717, 1.165) is 5.39 Å². The number of carbonyl (C=O) groups is 2. The highest BCUT2D eigenvalue weighted by atomic mass is 16.6. The number of fused-ring (bicyclic) bond motifs is 1. The first-order chi connectivity index (χ1) is 13.8. The average Bonchev–Trinajstić information content (AvgIpc) is 3.14. The number of benzene rings is 1. The monoisotopic (exact) mass is 399 g/mol. The molecule has 0 aliphatic heterocycles. The first-order valence-corrected chi connectivity index (χ1v) is 9.04. The average molecular weight is 399 g/mol. The first-order valence-electron chi connectivity index (χ1n) is 9.04. The number of ether oxygens (including phenoxy) is 2. The Morgan fingerprint density at radius 2 is 1.93 bits per heavy atom. The van der Waals surface area contributed by atoms with E-state index in [4.69, 9.17) is 13.9 Å². The highest BCUT2D eigenvalue weighted by Gasteiger charge is 2.20. The topological polar surface area (TPSA) is 113 Å². The lowest BCUT2D eigenvalue weighted by atomic mass is 10.2. The van der Waals surface area contributed by atoms with Gasteiger partial charge in [0.1, 0.15) is 17.2 Å². The Bertz CT molecular complexity index is 1090. The van der Waals surface area contributed by atoms with Gasteiger partial charge >= 0.3 is 11.6 Å². The van der Waals surface area contributed by atoms with Crippen molar-refractivity contribution in [1.29, 1.82) is 0 Å². The van der Waals surface area contributed by atoms with Crippen molar-refractivity contribution in [2.45, 2.75) is 32.9 Å². The number of hydrogen-bond acceptors (Lipinski definition) is 7. The van der Waals surface area contributed by atoms with Gasteiger partial charge in [0.2, 0.25) is 0 Å². The molecule has 2 aromatic heterocycles. The van der Waals surface area contributed by atoms with Crippen LogP contribution in [0.3, 0.4) is 0 Å². The van der Waals surface area contributed by atoms with Gasteiger partial charge < -0.3 is 19.2 Å². The van der Waals surface area contributed by atoms with Crippen molar-refractivity contribution in [3.05, 3.63) is 53.0 Å². The lowest BCUT2D eigenvalue weighted by molar-refractivity contribution is -0.155. The molecule has 152 valence electrons. The number of aromatic nitrogens is 2. The summed E-state index contributed by atoms with van der Waals surface area (Å²) >= 11 is 0. The molecule has 3 aromatic rings. The second kappa shape index (κ2) is 8.59. The molecule has 0 saturated heterocycles. The molecule has 0 radical (unpaired) electrons. The summed E-state index contributed by atoms with van der Waals surface area (Å²) in [6.45, 7) is 4.93. The molecule has 3 rings (SSSR count). The summed E-state index contributed by atoms with van der Waals surface area (Å²) in [5.74, 6) is -0.337. The lowest BCUT2D eigenvalue weighted by Gasteiger charge is -2.16. The van der Waals surface area contributed by atoms with Crippen LogP contribution in [0.1, 0.15) is 26.8 Å². The zero-order valence-electron chi connectivity index (χ0n) is 16.2. The van der Waals surface area contributed by atoms with Crippen molar-refractivity contribution in [2.24, 2.45) is 0 Å². The lowest BCUT2D eigenvalue weighted by Crippen LogP contribution is -2.32. The van der Waals surface area contributed by atoms with E-state index in [2.05, 4.69) is 10.4 Å². The molecule has 0 fully saturated rings. The Labute approximate surface area is 166 Å². The maximum absolute atomic E-state index is 12.3. The molecule has 29 heavy (non-hydrogen) atoms. The van der Waals surface area contributed by atoms with Crippen molar-refractivity contribution < 1.29 is 23.5 Å². The molecule has 0 bridgehead atoms. The predicted molar refractivity (Wildman–Crippen MR) is 105 cm³/mol. The minimum atomic E-state index is -1.02. The molecule has 0 saturated carbocycles. The van der Waals surface area contributed by atoms with Gasteiger partial charge in [0.25, 0.3) is 5.91 Å². The minimum Gasteiger partial charge on any atom is -0.482 e. The van der Waals surface area contributed by atoms with Crippen LogP contribution in [0.25, 0.3) is 11.0 Å². The zero-order chi connectivity index (χ0) is 21.0.